The number of aliphatic hydroxyl groups is 1. The molecule has 3 rings (SSSR count). The molecule has 2 nitrogen and oxygen atoms in total. The van der Waals surface area contributed by atoms with E-state index in [0.717, 1.165) is 23.4 Å². The largest absolute Gasteiger partial charge is 0.493 e. The zero-order chi connectivity index (χ0) is 14.3. The highest BCUT2D eigenvalue weighted by Crippen LogP contribution is 2.32. The molecule has 1 heterocycles. The molecular weight excluding hydrogens is 269 g/mol. The number of hydrogen-bond acceptors (Lipinski definition) is 2. The van der Waals surface area contributed by atoms with Crippen LogP contribution in [0.1, 0.15) is 22.8 Å². The van der Waals surface area contributed by atoms with E-state index in [9.17, 15) is 18.3 Å². The highest BCUT2D eigenvalue weighted by atomic mass is 19.2. The zero-order valence-electron chi connectivity index (χ0n) is 10.4. The number of fused-ring (bicyclic) bond motifs is 1. The van der Waals surface area contributed by atoms with Crippen molar-refractivity contribution in [1.82, 2.24) is 0 Å². The molecule has 0 bridgehead atoms. The average Bonchev–Trinajstić information content (AvgIpc) is 2.91. The Morgan fingerprint density at radius 1 is 1.05 bits per heavy atom. The number of ether oxygens (including phenoxy) is 1. The molecule has 0 saturated heterocycles. The first-order chi connectivity index (χ1) is 9.58. The third kappa shape index (κ3) is 2.04. The molecule has 1 unspecified atom stereocenters. The summed E-state index contributed by atoms with van der Waals surface area (Å²) in [6, 6.07) is 6.79. The molecule has 1 atom stereocenters. The molecule has 1 aliphatic heterocycles. The lowest BCUT2D eigenvalue weighted by molar-refractivity contribution is 0.212. The number of benzene rings is 2. The van der Waals surface area contributed by atoms with Crippen LogP contribution in [0.5, 0.6) is 5.75 Å². The van der Waals surface area contributed by atoms with Gasteiger partial charge in [0.05, 0.1) is 6.61 Å². The van der Waals surface area contributed by atoms with Gasteiger partial charge in [0, 0.05) is 12.0 Å². The van der Waals surface area contributed by atoms with Crippen molar-refractivity contribution in [3.63, 3.8) is 0 Å². The zero-order valence-corrected chi connectivity index (χ0v) is 10.4. The van der Waals surface area contributed by atoms with Gasteiger partial charge in [0.15, 0.2) is 17.5 Å². The van der Waals surface area contributed by atoms with Gasteiger partial charge in [0.1, 0.15) is 11.9 Å². The predicted octanol–water partition coefficient (Wildman–Crippen LogP) is 3.12. The Hall–Kier alpha value is -2.01. The van der Waals surface area contributed by atoms with Gasteiger partial charge in [-0.3, -0.25) is 0 Å². The van der Waals surface area contributed by atoms with Crippen molar-refractivity contribution < 1.29 is 23.0 Å². The van der Waals surface area contributed by atoms with Crippen molar-refractivity contribution in [2.75, 3.05) is 6.61 Å². The Morgan fingerprint density at radius 3 is 2.65 bits per heavy atom. The molecule has 0 aliphatic carbocycles. The van der Waals surface area contributed by atoms with Gasteiger partial charge in [-0.1, -0.05) is 12.1 Å². The maximum absolute atomic E-state index is 13.7. The molecule has 0 spiro atoms. The lowest BCUT2D eigenvalue weighted by Gasteiger charge is -2.14. The van der Waals surface area contributed by atoms with Crippen molar-refractivity contribution >= 4 is 0 Å². The fourth-order valence-electron chi connectivity index (χ4n) is 2.31. The lowest BCUT2D eigenvalue weighted by Crippen LogP contribution is -2.06. The van der Waals surface area contributed by atoms with Gasteiger partial charge in [0.2, 0.25) is 0 Å². The Bertz CT molecular complexity index is 670. The summed E-state index contributed by atoms with van der Waals surface area (Å²) in [5, 5.41) is 10.1. The van der Waals surface area contributed by atoms with Crippen molar-refractivity contribution in [2.24, 2.45) is 0 Å². The van der Waals surface area contributed by atoms with E-state index < -0.39 is 23.6 Å². The maximum atomic E-state index is 13.7. The minimum Gasteiger partial charge on any atom is -0.493 e. The Kier molecular flexibility index (Phi) is 3.14. The average molecular weight is 280 g/mol. The van der Waals surface area contributed by atoms with Crippen LogP contribution in [-0.4, -0.2) is 11.7 Å². The second kappa shape index (κ2) is 4.83. The van der Waals surface area contributed by atoms with Gasteiger partial charge in [-0.25, -0.2) is 13.2 Å². The van der Waals surface area contributed by atoms with Crippen molar-refractivity contribution in [1.29, 1.82) is 0 Å². The van der Waals surface area contributed by atoms with E-state index in [1.165, 1.54) is 0 Å². The Balaban J connectivity index is 2.00. The fourth-order valence-corrected chi connectivity index (χ4v) is 2.31. The minimum atomic E-state index is -1.58. The van der Waals surface area contributed by atoms with Crippen LogP contribution in [0.4, 0.5) is 13.2 Å². The molecule has 0 saturated carbocycles. The van der Waals surface area contributed by atoms with Gasteiger partial charge in [0.25, 0.3) is 0 Å². The number of halogens is 3. The van der Waals surface area contributed by atoms with E-state index in [2.05, 4.69) is 0 Å². The third-order valence-corrected chi connectivity index (χ3v) is 3.39. The van der Waals surface area contributed by atoms with Gasteiger partial charge in [-0.05, 0) is 29.3 Å². The lowest BCUT2D eigenvalue weighted by atomic mass is 9.98. The van der Waals surface area contributed by atoms with Crippen LogP contribution in [0.15, 0.2) is 30.3 Å². The quantitative estimate of drug-likeness (QED) is 0.856. The molecule has 1 aliphatic rings. The van der Waals surface area contributed by atoms with Crippen LogP contribution < -0.4 is 4.74 Å². The molecule has 0 aromatic heterocycles. The van der Waals surface area contributed by atoms with E-state index in [1.54, 1.807) is 18.2 Å². The van der Waals surface area contributed by atoms with Gasteiger partial charge >= 0.3 is 0 Å². The first-order valence-corrected chi connectivity index (χ1v) is 6.15. The fraction of sp³-hybridized carbons (Fsp3) is 0.200. The van der Waals surface area contributed by atoms with Gasteiger partial charge in [-0.2, -0.15) is 0 Å². The second-order valence-corrected chi connectivity index (χ2v) is 4.63. The smallest absolute Gasteiger partial charge is 0.194 e. The van der Waals surface area contributed by atoms with Gasteiger partial charge in [-0.15, -0.1) is 0 Å². The van der Waals surface area contributed by atoms with Crippen LogP contribution in [-0.2, 0) is 6.42 Å². The first kappa shape index (κ1) is 13.0. The summed E-state index contributed by atoms with van der Waals surface area (Å²) in [4.78, 5) is 0. The Morgan fingerprint density at radius 2 is 1.85 bits per heavy atom. The molecule has 20 heavy (non-hydrogen) atoms. The summed E-state index contributed by atoms with van der Waals surface area (Å²) in [5.74, 6) is -3.49. The summed E-state index contributed by atoms with van der Waals surface area (Å²) in [5.41, 5.74) is 1.03. The van der Waals surface area contributed by atoms with Crippen LogP contribution in [0, 0.1) is 17.5 Å². The van der Waals surface area contributed by atoms with Gasteiger partial charge < -0.3 is 9.84 Å². The van der Waals surface area contributed by atoms with Crippen LogP contribution in [0.3, 0.4) is 0 Å². The van der Waals surface area contributed by atoms with Crippen LogP contribution >= 0.6 is 0 Å². The highest BCUT2D eigenvalue weighted by molar-refractivity contribution is 5.42. The topological polar surface area (TPSA) is 29.5 Å². The van der Waals surface area contributed by atoms with E-state index in [4.69, 9.17) is 4.74 Å². The van der Waals surface area contributed by atoms with E-state index >= 15 is 0 Å². The normalized spacial score (nSPS) is 14.8. The summed E-state index contributed by atoms with van der Waals surface area (Å²) in [6.45, 7) is 0.564. The van der Waals surface area contributed by atoms with Crippen molar-refractivity contribution in [3.8, 4) is 5.75 Å². The molecule has 5 heteroatoms. The molecule has 2 aromatic rings. The van der Waals surface area contributed by atoms with E-state index in [1.807, 2.05) is 0 Å². The molecule has 0 fully saturated rings. The minimum absolute atomic E-state index is 0.289. The van der Waals surface area contributed by atoms with E-state index in [-0.39, 0.29) is 5.56 Å². The standard InChI is InChI=1S/C15H11F3O2/c16-11-3-2-10(13(17)14(11)18)15(19)9-1-4-12-8(7-9)5-6-20-12/h1-4,7,15,19H,5-6H2. The monoisotopic (exact) mass is 280 g/mol. The van der Waals surface area contributed by atoms with Crippen LogP contribution in [0.25, 0.3) is 0 Å². The molecule has 2 aromatic carbocycles. The SMILES string of the molecule is OC(c1ccc2c(c1)CCO2)c1ccc(F)c(F)c1F. The Labute approximate surface area is 113 Å². The predicted molar refractivity (Wildman–Crippen MR) is 66.0 cm³/mol. The molecule has 0 amide bonds. The van der Waals surface area contributed by atoms with E-state index in [0.29, 0.717) is 18.6 Å². The summed E-state index contributed by atoms with van der Waals surface area (Å²) in [6.07, 6.45) is -0.646. The van der Waals surface area contributed by atoms with Crippen LogP contribution in [0.2, 0.25) is 0 Å². The molecule has 104 valence electrons. The van der Waals surface area contributed by atoms with Crippen molar-refractivity contribution in [3.05, 3.63) is 64.5 Å². The molecule has 0 radical (unpaired) electrons. The second-order valence-electron chi connectivity index (χ2n) is 4.63. The maximum Gasteiger partial charge on any atom is 0.194 e. The highest BCUT2D eigenvalue weighted by Gasteiger charge is 2.22. The number of rotatable bonds is 2. The summed E-state index contributed by atoms with van der Waals surface area (Å²) in [7, 11) is 0. The first-order valence-electron chi connectivity index (χ1n) is 6.15. The third-order valence-electron chi connectivity index (χ3n) is 3.39. The summed E-state index contributed by atoms with van der Waals surface area (Å²) < 4.78 is 45.1. The molecule has 1 N–H and O–H groups in total. The summed E-state index contributed by atoms with van der Waals surface area (Å²) >= 11 is 0. The number of hydrogen-bond donors (Lipinski definition) is 1. The molecular formula is C15H11F3O2. The van der Waals surface area contributed by atoms with Crippen molar-refractivity contribution in [2.45, 2.75) is 12.5 Å². The number of aliphatic hydroxyl groups excluding tert-OH is 1.